The second-order valence-corrected chi connectivity index (χ2v) is 5.45. The van der Waals surface area contributed by atoms with Crippen LogP contribution < -0.4 is 0 Å². The van der Waals surface area contributed by atoms with Gasteiger partial charge < -0.3 is 9.67 Å². The van der Waals surface area contributed by atoms with Gasteiger partial charge in [0, 0.05) is 28.7 Å². The molecule has 0 aliphatic rings. The summed E-state index contributed by atoms with van der Waals surface area (Å²) in [5, 5.41) is 11.3. The monoisotopic (exact) mass is 285 g/mol. The number of benzene rings is 2. The molecular formula is C17H16ClNO. The molecule has 1 aromatic heterocycles. The van der Waals surface area contributed by atoms with Crippen LogP contribution in [0.4, 0.5) is 0 Å². The van der Waals surface area contributed by atoms with E-state index in [-0.39, 0.29) is 6.61 Å². The predicted octanol–water partition coefficient (Wildman–Crippen LogP) is 4.14. The summed E-state index contributed by atoms with van der Waals surface area (Å²) in [7, 11) is 0. The number of hydrogen-bond acceptors (Lipinski definition) is 1. The van der Waals surface area contributed by atoms with Gasteiger partial charge in [0.2, 0.25) is 0 Å². The molecule has 20 heavy (non-hydrogen) atoms. The van der Waals surface area contributed by atoms with Crippen LogP contribution in [0, 0.1) is 6.92 Å². The predicted molar refractivity (Wildman–Crippen MR) is 83.2 cm³/mol. The van der Waals surface area contributed by atoms with Crippen LogP contribution in [0.5, 0.6) is 0 Å². The molecule has 0 atom stereocenters. The standard InChI is InChI=1S/C17H16ClNO/c1-12-5-6-13(16(18)9-12)10-19-8-7-15-14(11-20)3-2-4-17(15)19/h2-9,20H,10-11H2,1H3. The molecule has 3 aromatic rings. The van der Waals surface area contributed by atoms with Crippen LogP contribution >= 0.6 is 11.6 Å². The maximum absolute atomic E-state index is 9.38. The van der Waals surface area contributed by atoms with E-state index < -0.39 is 0 Å². The van der Waals surface area contributed by atoms with E-state index in [1.165, 1.54) is 5.56 Å². The number of rotatable bonds is 3. The Bertz CT molecular complexity index is 761. The lowest BCUT2D eigenvalue weighted by Crippen LogP contribution is -1.99. The summed E-state index contributed by atoms with van der Waals surface area (Å²) in [5.41, 5.74) is 4.34. The molecule has 2 nitrogen and oxygen atoms in total. The van der Waals surface area contributed by atoms with E-state index in [0.717, 1.165) is 33.6 Å². The highest BCUT2D eigenvalue weighted by molar-refractivity contribution is 6.31. The zero-order valence-electron chi connectivity index (χ0n) is 11.3. The van der Waals surface area contributed by atoms with Crippen LogP contribution in [0.3, 0.4) is 0 Å². The number of fused-ring (bicyclic) bond motifs is 1. The quantitative estimate of drug-likeness (QED) is 0.768. The second kappa shape index (κ2) is 5.31. The fraction of sp³-hybridized carbons (Fsp3) is 0.176. The molecule has 0 amide bonds. The lowest BCUT2D eigenvalue weighted by Gasteiger charge is -2.09. The molecule has 0 unspecified atom stereocenters. The molecule has 0 radical (unpaired) electrons. The van der Waals surface area contributed by atoms with E-state index in [9.17, 15) is 5.11 Å². The van der Waals surface area contributed by atoms with Crippen LogP contribution in [0.15, 0.2) is 48.7 Å². The third kappa shape index (κ3) is 2.33. The Morgan fingerprint density at radius 3 is 2.70 bits per heavy atom. The van der Waals surface area contributed by atoms with E-state index in [4.69, 9.17) is 11.6 Å². The Balaban J connectivity index is 2.03. The Kier molecular flexibility index (Phi) is 3.51. The van der Waals surface area contributed by atoms with Gasteiger partial charge in [-0.2, -0.15) is 0 Å². The van der Waals surface area contributed by atoms with Crippen molar-refractivity contribution in [1.29, 1.82) is 0 Å². The third-order valence-electron chi connectivity index (χ3n) is 3.62. The van der Waals surface area contributed by atoms with Crippen molar-refractivity contribution in [2.24, 2.45) is 0 Å². The zero-order chi connectivity index (χ0) is 14.1. The van der Waals surface area contributed by atoms with Crippen LogP contribution in [0.25, 0.3) is 10.9 Å². The molecular weight excluding hydrogens is 270 g/mol. The lowest BCUT2D eigenvalue weighted by atomic mass is 10.1. The Hall–Kier alpha value is -1.77. The molecule has 3 rings (SSSR count). The first kappa shape index (κ1) is 13.2. The third-order valence-corrected chi connectivity index (χ3v) is 3.98. The van der Waals surface area contributed by atoms with Crippen molar-refractivity contribution in [2.75, 3.05) is 0 Å². The highest BCUT2D eigenvalue weighted by atomic mass is 35.5. The average molecular weight is 286 g/mol. The molecule has 1 heterocycles. The van der Waals surface area contributed by atoms with Gasteiger partial charge in [-0.05, 0) is 41.8 Å². The van der Waals surface area contributed by atoms with E-state index in [2.05, 4.69) is 22.8 Å². The van der Waals surface area contributed by atoms with Gasteiger partial charge in [-0.3, -0.25) is 0 Å². The topological polar surface area (TPSA) is 25.2 Å². The summed E-state index contributed by atoms with van der Waals surface area (Å²) in [6, 6.07) is 14.2. The van der Waals surface area contributed by atoms with Crippen molar-refractivity contribution >= 4 is 22.5 Å². The van der Waals surface area contributed by atoms with E-state index in [0.29, 0.717) is 0 Å². The first-order valence-corrected chi connectivity index (χ1v) is 6.99. The van der Waals surface area contributed by atoms with Crippen molar-refractivity contribution in [3.05, 3.63) is 70.4 Å². The van der Waals surface area contributed by atoms with Gasteiger partial charge in [0.05, 0.1) is 6.61 Å². The fourth-order valence-corrected chi connectivity index (χ4v) is 2.82. The van der Waals surface area contributed by atoms with Crippen molar-refractivity contribution in [3.63, 3.8) is 0 Å². The lowest BCUT2D eigenvalue weighted by molar-refractivity contribution is 0.283. The summed E-state index contributed by atoms with van der Waals surface area (Å²) in [6.45, 7) is 2.83. The van der Waals surface area contributed by atoms with Crippen molar-refractivity contribution in [2.45, 2.75) is 20.1 Å². The first-order valence-electron chi connectivity index (χ1n) is 6.61. The number of aryl methyl sites for hydroxylation is 1. The molecule has 0 aliphatic heterocycles. The van der Waals surface area contributed by atoms with Crippen molar-refractivity contribution < 1.29 is 5.11 Å². The maximum atomic E-state index is 9.38. The number of aliphatic hydroxyl groups excluding tert-OH is 1. The highest BCUT2D eigenvalue weighted by Crippen LogP contribution is 2.24. The number of aromatic nitrogens is 1. The molecule has 1 N–H and O–H groups in total. The molecule has 102 valence electrons. The van der Waals surface area contributed by atoms with Gasteiger partial charge in [-0.25, -0.2) is 0 Å². The Morgan fingerprint density at radius 2 is 1.95 bits per heavy atom. The van der Waals surface area contributed by atoms with Crippen LogP contribution in [0.2, 0.25) is 5.02 Å². The van der Waals surface area contributed by atoms with Crippen LogP contribution in [-0.2, 0) is 13.2 Å². The van der Waals surface area contributed by atoms with Gasteiger partial charge in [0.1, 0.15) is 0 Å². The summed E-state index contributed by atoms with van der Waals surface area (Å²) in [6.07, 6.45) is 2.04. The maximum Gasteiger partial charge on any atom is 0.0688 e. The van der Waals surface area contributed by atoms with Gasteiger partial charge in [0.25, 0.3) is 0 Å². The highest BCUT2D eigenvalue weighted by Gasteiger charge is 2.07. The Labute approximate surface area is 123 Å². The molecule has 0 spiro atoms. The molecule has 0 saturated heterocycles. The molecule has 0 fully saturated rings. The number of aliphatic hydroxyl groups is 1. The average Bonchev–Trinajstić information content (AvgIpc) is 2.85. The summed E-state index contributed by atoms with van der Waals surface area (Å²) in [5.74, 6) is 0. The van der Waals surface area contributed by atoms with E-state index in [1.807, 2.05) is 37.4 Å². The normalized spacial score (nSPS) is 11.2. The molecule has 2 aromatic carbocycles. The number of nitrogens with zero attached hydrogens (tertiary/aromatic N) is 1. The number of hydrogen-bond donors (Lipinski definition) is 1. The van der Waals surface area contributed by atoms with Gasteiger partial charge in [-0.1, -0.05) is 35.9 Å². The summed E-state index contributed by atoms with van der Waals surface area (Å²) < 4.78 is 2.16. The van der Waals surface area contributed by atoms with Crippen LogP contribution in [-0.4, -0.2) is 9.67 Å². The number of halogens is 1. The smallest absolute Gasteiger partial charge is 0.0688 e. The minimum Gasteiger partial charge on any atom is -0.392 e. The molecule has 0 bridgehead atoms. The fourth-order valence-electron chi connectivity index (χ4n) is 2.53. The van der Waals surface area contributed by atoms with E-state index in [1.54, 1.807) is 0 Å². The first-order chi connectivity index (χ1) is 9.69. The zero-order valence-corrected chi connectivity index (χ0v) is 12.1. The second-order valence-electron chi connectivity index (χ2n) is 5.05. The molecule has 3 heteroatoms. The largest absolute Gasteiger partial charge is 0.392 e. The SMILES string of the molecule is Cc1ccc(Cn2ccc3c(CO)cccc32)c(Cl)c1. The minimum absolute atomic E-state index is 0.0621. The van der Waals surface area contributed by atoms with Crippen molar-refractivity contribution in [3.8, 4) is 0 Å². The molecule has 0 aliphatic carbocycles. The van der Waals surface area contributed by atoms with Crippen LogP contribution in [0.1, 0.15) is 16.7 Å². The Morgan fingerprint density at radius 1 is 1.10 bits per heavy atom. The molecule has 0 saturated carbocycles. The minimum atomic E-state index is 0.0621. The summed E-state index contributed by atoms with van der Waals surface area (Å²) >= 11 is 6.30. The van der Waals surface area contributed by atoms with Crippen molar-refractivity contribution in [1.82, 2.24) is 4.57 Å². The summed E-state index contributed by atoms with van der Waals surface area (Å²) in [4.78, 5) is 0. The van der Waals surface area contributed by atoms with Gasteiger partial charge in [0.15, 0.2) is 0 Å². The van der Waals surface area contributed by atoms with Gasteiger partial charge >= 0.3 is 0 Å². The van der Waals surface area contributed by atoms with Gasteiger partial charge in [-0.15, -0.1) is 0 Å². The van der Waals surface area contributed by atoms with E-state index >= 15 is 0 Å².